The fourth-order valence-electron chi connectivity index (χ4n) is 4.32. The highest BCUT2D eigenvalue weighted by atomic mass is 19.3. The molecule has 3 aromatic carbocycles. The lowest BCUT2D eigenvalue weighted by atomic mass is 10.0. The Morgan fingerprint density at radius 1 is 0.897 bits per heavy atom. The van der Waals surface area contributed by atoms with Crippen LogP contribution in [0.4, 0.5) is 25.8 Å². The van der Waals surface area contributed by atoms with E-state index < -0.39 is 48.4 Å². The van der Waals surface area contributed by atoms with Crippen LogP contribution in [0, 0.1) is 0 Å². The van der Waals surface area contributed by atoms with Crippen molar-refractivity contribution in [2.45, 2.75) is 38.5 Å². The van der Waals surface area contributed by atoms with Crippen molar-refractivity contribution in [1.82, 2.24) is 0 Å². The number of carbonyl (C=O) groups excluding carboxylic acids is 4. The van der Waals surface area contributed by atoms with Gasteiger partial charge in [-0.05, 0) is 42.5 Å². The Kier molecular flexibility index (Phi) is 7.61. The lowest BCUT2D eigenvalue weighted by Gasteiger charge is -2.31. The minimum absolute atomic E-state index is 0.00546. The number of esters is 2. The summed E-state index contributed by atoms with van der Waals surface area (Å²) in [5.41, 5.74) is 6.70. The van der Waals surface area contributed by atoms with Crippen molar-refractivity contribution in [3.05, 3.63) is 89.5 Å². The molecule has 0 saturated carbocycles. The molecule has 1 aliphatic rings. The first kappa shape index (κ1) is 27.2. The number of hydrogen-bond donors (Lipinski definition) is 2. The summed E-state index contributed by atoms with van der Waals surface area (Å²) in [6.07, 6.45) is -4.82. The van der Waals surface area contributed by atoms with E-state index in [1.807, 2.05) is 0 Å². The smallest absolute Gasteiger partial charge is 0.304 e. The van der Waals surface area contributed by atoms with Crippen LogP contribution >= 0.6 is 0 Å². The zero-order chi connectivity index (χ0) is 28.3. The molecule has 0 bridgehead atoms. The average molecular weight is 538 g/mol. The molecular weight excluding hydrogens is 512 g/mol. The van der Waals surface area contributed by atoms with Crippen LogP contribution in [0.15, 0.2) is 72.8 Å². The van der Waals surface area contributed by atoms with E-state index in [-0.39, 0.29) is 22.4 Å². The zero-order valence-electron chi connectivity index (χ0n) is 21.0. The number of nitrogens with one attached hydrogen (secondary N) is 1. The molecular formula is C28H25F2N3O6. The maximum atomic E-state index is 15.4. The quantitative estimate of drug-likeness (QED) is 0.357. The Balaban J connectivity index is 1.69. The van der Waals surface area contributed by atoms with Crippen LogP contribution in [0.25, 0.3) is 0 Å². The van der Waals surface area contributed by atoms with E-state index in [4.69, 9.17) is 15.2 Å². The van der Waals surface area contributed by atoms with Crippen molar-refractivity contribution >= 4 is 40.8 Å². The summed E-state index contributed by atoms with van der Waals surface area (Å²) in [4.78, 5) is 50.8. The number of nitrogens with two attached hydrogens (primary N) is 1. The number of amides is 2. The second-order valence-electron chi connectivity index (χ2n) is 8.87. The number of hydrogen-bond acceptors (Lipinski definition) is 7. The van der Waals surface area contributed by atoms with E-state index in [0.29, 0.717) is 11.4 Å². The molecule has 39 heavy (non-hydrogen) atoms. The van der Waals surface area contributed by atoms with Gasteiger partial charge in [0.15, 0.2) is 12.3 Å². The summed E-state index contributed by atoms with van der Waals surface area (Å²) < 4.78 is 41.0. The highest BCUT2D eigenvalue weighted by Crippen LogP contribution is 2.47. The molecule has 2 amide bonds. The summed E-state index contributed by atoms with van der Waals surface area (Å²) in [7, 11) is 0. The number of alkyl halides is 2. The summed E-state index contributed by atoms with van der Waals surface area (Å²) in [6, 6.07) is 17.9. The molecule has 11 heteroatoms. The number of anilines is 3. The molecule has 1 aliphatic heterocycles. The van der Waals surface area contributed by atoms with Gasteiger partial charge in [-0.1, -0.05) is 30.3 Å². The van der Waals surface area contributed by atoms with E-state index in [1.165, 1.54) is 48.5 Å². The van der Waals surface area contributed by atoms with E-state index in [1.54, 1.807) is 24.3 Å². The van der Waals surface area contributed by atoms with Crippen LogP contribution in [-0.4, -0.2) is 35.9 Å². The van der Waals surface area contributed by atoms with Gasteiger partial charge >= 0.3 is 11.9 Å². The fourth-order valence-corrected chi connectivity index (χ4v) is 4.32. The number of ether oxygens (including phenoxy) is 2. The molecule has 9 nitrogen and oxygen atoms in total. The maximum absolute atomic E-state index is 15.4. The summed E-state index contributed by atoms with van der Waals surface area (Å²) in [5.74, 6) is -6.70. The predicted molar refractivity (Wildman–Crippen MR) is 138 cm³/mol. The van der Waals surface area contributed by atoms with Gasteiger partial charge in [0, 0.05) is 36.3 Å². The van der Waals surface area contributed by atoms with Crippen LogP contribution in [0.5, 0.6) is 0 Å². The van der Waals surface area contributed by atoms with Crippen LogP contribution in [0.2, 0.25) is 0 Å². The normalized spacial score (nSPS) is 17.8. The van der Waals surface area contributed by atoms with Crippen molar-refractivity contribution in [3.8, 4) is 0 Å². The number of nitrogen functional groups attached to an aromatic ring is 1. The molecule has 3 N–H and O–H groups in total. The summed E-state index contributed by atoms with van der Waals surface area (Å²) in [5, 5.41) is 2.68. The molecule has 2 atom stereocenters. The van der Waals surface area contributed by atoms with Crippen molar-refractivity contribution in [1.29, 1.82) is 0 Å². The van der Waals surface area contributed by atoms with Gasteiger partial charge in [0.2, 0.25) is 0 Å². The number of para-hydroxylation sites is 2. The minimum atomic E-state index is -3.68. The maximum Gasteiger partial charge on any atom is 0.304 e. The van der Waals surface area contributed by atoms with E-state index in [2.05, 4.69) is 5.32 Å². The second-order valence-corrected chi connectivity index (χ2v) is 8.87. The van der Waals surface area contributed by atoms with Gasteiger partial charge in [0.1, 0.15) is 0 Å². The molecule has 2 unspecified atom stereocenters. The molecule has 3 aromatic rings. The first-order chi connectivity index (χ1) is 18.5. The molecule has 202 valence electrons. The lowest BCUT2D eigenvalue weighted by molar-refractivity contribution is -0.181. The lowest BCUT2D eigenvalue weighted by Crippen LogP contribution is -2.45. The van der Waals surface area contributed by atoms with Crippen LogP contribution < -0.4 is 16.0 Å². The van der Waals surface area contributed by atoms with Crippen LogP contribution in [0.1, 0.15) is 52.7 Å². The standard InChI is InChI=1S/C28H25F2N3O6/c1-16(34)38-24-15-28(29,30)25(39-17(2)35)21-8-4-6-10-23(21)33(24)27(37)18-11-13-19(14-12-18)32-26(36)20-7-3-5-9-22(20)31/h3-14,24-25H,15,31H2,1-2H3,(H,32,36). The first-order valence-corrected chi connectivity index (χ1v) is 11.9. The van der Waals surface area contributed by atoms with Crippen LogP contribution in [-0.2, 0) is 19.1 Å². The number of carbonyl (C=O) groups is 4. The molecule has 1 heterocycles. The van der Waals surface area contributed by atoms with Gasteiger partial charge in [0.25, 0.3) is 17.7 Å². The molecule has 0 fully saturated rings. The molecule has 0 radical (unpaired) electrons. The number of rotatable bonds is 5. The SMILES string of the molecule is CC(=O)OC1CC(F)(F)C(OC(C)=O)c2ccccc2N1C(=O)c1ccc(NC(=O)c2ccccc2N)cc1. The molecule has 0 spiro atoms. The fraction of sp³-hybridized carbons (Fsp3) is 0.214. The topological polar surface area (TPSA) is 128 Å². The van der Waals surface area contributed by atoms with Crippen LogP contribution in [0.3, 0.4) is 0 Å². The third-order valence-corrected chi connectivity index (χ3v) is 6.00. The van der Waals surface area contributed by atoms with Gasteiger partial charge < -0.3 is 20.5 Å². The molecule has 0 saturated heterocycles. The van der Waals surface area contributed by atoms with Crippen molar-refractivity contribution in [2.24, 2.45) is 0 Å². The monoisotopic (exact) mass is 537 g/mol. The summed E-state index contributed by atoms with van der Waals surface area (Å²) >= 11 is 0. The number of benzene rings is 3. The van der Waals surface area contributed by atoms with Gasteiger partial charge in [-0.2, -0.15) is 0 Å². The Hall–Kier alpha value is -4.80. The first-order valence-electron chi connectivity index (χ1n) is 11.9. The zero-order valence-corrected chi connectivity index (χ0v) is 21.0. The Morgan fingerprint density at radius 3 is 2.15 bits per heavy atom. The predicted octanol–water partition coefficient (Wildman–Crippen LogP) is 4.70. The molecule has 0 aliphatic carbocycles. The van der Waals surface area contributed by atoms with Crippen molar-refractivity contribution < 1.29 is 37.4 Å². The minimum Gasteiger partial charge on any atom is -0.451 e. The third-order valence-electron chi connectivity index (χ3n) is 6.00. The van der Waals surface area contributed by atoms with Gasteiger partial charge in [-0.3, -0.25) is 24.1 Å². The summed E-state index contributed by atoms with van der Waals surface area (Å²) in [6.45, 7) is 2.04. The highest BCUT2D eigenvalue weighted by Gasteiger charge is 2.52. The van der Waals surface area contributed by atoms with Gasteiger partial charge in [0.05, 0.1) is 17.7 Å². The van der Waals surface area contributed by atoms with Gasteiger partial charge in [-0.25, -0.2) is 8.78 Å². The Labute approximate surface area is 222 Å². The Bertz CT molecular complexity index is 1430. The van der Waals surface area contributed by atoms with E-state index in [0.717, 1.165) is 18.7 Å². The largest absolute Gasteiger partial charge is 0.451 e. The number of fused-ring (bicyclic) bond motifs is 1. The number of nitrogens with zero attached hydrogens (tertiary/aromatic N) is 1. The average Bonchev–Trinajstić information content (AvgIpc) is 2.95. The Morgan fingerprint density at radius 2 is 1.51 bits per heavy atom. The van der Waals surface area contributed by atoms with E-state index in [9.17, 15) is 19.2 Å². The van der Waals surface area contributed by atoms with Crippen molar-refractivity contribution in [2.75, 3.05) is 16.0 Å². The second kappa shape index (κ2) is 10.9. The van der Waals surface area contributed by atoms with Crippen molar-refractivity contribution in [3.63, 3.8) is 0 Å². The molecule has 4 rings (SSSR count). The van der Waals surface area contributed by atoms with Gasteiger partial charge in [-0.15, -0.1) is 0 Å². The third kappa shape index (κ3) is 5.87. The highest BCUT2D eigenvalue weighted by molar-refractivity contribution is 6.09. The molecule has 0 aromatic heterocycles. The number of halogens is 2. The van der Waals surface area contributed by atoms with E-state index >= 15 is 8.78 Å².